The smallest absolute Gasteiger partial charge is 0.148 e. The molecule has 1 aromatic rings. The summed E-state index contributed by atoms with van der Waals surface area (Å²) in [5.74, 6) is 1.51. The molecule has 1 atom stereocenters. The molecule has 0 aromatic carbocycles. The van der Waals surface area contributed by atoms with Crippen molar-refractivity contribution in [1.29, 1.82) is 0 Å². The number of hydrogen-bond acceptors (Lipinski definition) is 6. The summed E-state index contributed by atoms with van der Waals surface area (Å²) >= 11 is 1.60. The molecule has 0 radical (unpaired) electrons. The Balaban J connectivity index is 1.77. The minimum absolute atomic E-state index is 0.226. The van der Waals surface area contributed by atoms with Crippen molar-refractivity contribution >= 4 is 17.6 Å². The van der Waals surface area contributed by atoms with E-state index in [-0.39, 0.29) is 6.10 Å². The zero-order valence-electron chi connectivity index (χ0n) is 12.5. The first-order valence-electron chi connectivity index (χ1n) is 7.13. The highest BCUT2D eigenvalue weighted by Gasteiger charge is 2.20. The summed E-state index contributed by atoms with van der Waals surface area (Å²) in [4.78, 5) is 2.48. The van der Waals surface area contributed by atoms with Crippen LogP contribution < -0.4 is 5.32 Å². The van der Waals surface area contributed by atoms with Crippen LogP contribution in [0.2, 0.25) is 0 Å². The van der Waals surface area contributed by atoms with Crippen molar-refractivity contribution in [2.45, 2.75) is 25.0 Å². The number of nitrogens with one attached hydrogen (secondary N) is 1. The molecule has 1 aliphatic heterocycles. The molecule has 1 saturated heterocycles. The van der Waals surface area contributed by atoms with Gasteiger partial charge in [0.1, 0.15) is 10.8 Å². The van der Waals surface area contributed by atoms with Crippen LogP contribution in [0.3, 0.4) is 0 Å². The van der Waals surface area contributed by atoms with E-state index in [0.29, 0.717) is 5.92 Å². The Hall–Kier alpha value is -0.850. The van der Waals surface area contributed by atoms with Crippen LogP contribution in [0.1, 0.15) is 13.8 Å². The third-order valence-electron chi connectivity index (χ3n) is 3.21. The van der Waals surface area contributed by atoms with Gasteiger partial charge >= 0.3 is 0 Å². The zero-order chi connectivity index (χ0) is 14.4. The predicted molar refractivity (Wildman–Crippen MR) is 83.3 cm³/mol. The maximum Gasteiger partial charge on any atom is 0.148 e. The lowest BCUT2D eigenvalue weighted by atomic mass is 10.2. The summed E-state index contributed by atoms with van der Waals surface area (Å²) in [6, 6.07) is 3.94. The quantitative estimate of drug-likeness (QED) is 0.810. The van der Waals surface area contributed by atoms with Gasteiger partial charge in [-0.2, -0.15) is 0 Å². The molecule has 2 rings (SSSR count). The molecule has 0 aliphatic carbocycles. The molecule has 0 saturated carbocycles. The molecule has 5 nitrogen and oxygen atoms in total. The largest absolute Gasteiger partial charge is 0.374 e. The van der Waals surface area contributed by atoms with E-state index in [2.05, 4.69) is 34.3 Å². The van der Waals surface area contributed by atoms with Crippen LogP contribution in [-0.2, 0) is 4.74 Å². The van der Waals surface area contributed by atoms with Gasteiger partial charge in [0.15, 0.2) is 0 Å². The van der Waals surface area contributed by atoms with Crippen molar-refractivity contribution < 1.29 is 4.74 Å². The van der Waals surface area contributed by atoms with Crippen LogP contribution >= 0.6 is 11.8 Å². The lowest BCUT2D eigenvalue weighted by Gasteiger charge is -2.34. The van der Waals surface area contributed by atoms with Crippen molar-refractivity contribution in [3.63, 3.8) is 0 Å². The standard InChI is InChI=1S/C14H24N4OS/c1-11(2)9-18-6-7-19-12(10-18)8-15-13-4-5-14(20-3)17-16-13/h4-5,11-12H,6-10H2,1-3H3,(H,15,16). The van der Waals surface area contributed by atoms with Gasteiger partial charge < -0.3 is 10.1 Å². The van der Waals surface area contributed by atoms with E-state index >= 15 is 0 Å². The van der Waals surface area contributed by atoms with E-state index in [9.17, 15) is 0 Å². The lowest BCUT2D eigenvalue weighted by Crippen LogP contribution is -2.46. The highest BCUT2D eigenvalue weighted by atomic mass is 32.2. The van der Waals surface area contributed by atoms with Gasteiger partial charge in [0.25, 0.3) is 0 Å². The van der Waals surface area contributed by atoms with Gasteiger partial charge in [-0.1, -0.05) is 13.8 Å². The summed E-state index contributed by atoms with van der Waals surface area (Å²) in [5.41, 5.74) is 0. The Morgan fingerprint density at radius 3 is 2.95 bits per heavy atom. The number of rotatable bonds is 6. The van der Waals surface area contributed by atoms with Gasteiger partial charge in [-0.3, -0.25) is 4.90 Å². The number of aromatic nitrogens is 2. The third-order valence-corrected chi connectivity index (χ3v) is 3.84. The molecule has 20 heavy (non-hydrogen) atoms. The average Bonchev–Trinajstić information content (AvgIpc) is 2.45. The number of thioether (sulfide) groups is 1. The molecule has 112 valence electrons. The molecule has 0 amide bonds. The van der Waals surface area contributed by atoms with Gasteiger partial charge in [-0.15, -0.1) is 22.0 Å². The molecular weight excluding hydrogens is 272 g/mol. The number of anilines is 1. The molecule has 6 heteroatoms. The van der Waals surface area contributed by atoms with E-state index in [4.69, 9.17) is 4.74 Å². The monoisotopic (exact) mass is 296 g/mol. The first-order chi connectivity index (χ1) is 9.67. The van der Waals surface area contributed by atoms with Gasteiger partial charge in [0.2, 0.25) is 0 Å². The van der Waals surface area contributed by atoms with E-state index < -0.39 is 0 Å². The topological polar surface area (TPSA) is 50.3 Å². The van der Waals surface area contributed by atoms with Crippen LogP contribution in [0, 0.1) is 5.92 Å². The highest BCUT2D eigenvalue weighted by molar-refractivity contribution is 7.98. The molecule has 1 aromatic heterocycles. The normalized spacial score (nSPS) is 20.3. The van der Waals surface area contributed by atoms with Crippen molar-refractivity contribution in [3.8, 4) is 0 Å². The summed E-state index contributed by atoms with van der Waals surface area (Å²) in [6.45, 7) is 9.27. The van der Waals surface area contributed by atoms with Gasteiger partial charge in [-0.05, 0) is 24.3 Å². The fourth-order valence-electron chi connectivity index (χ4n) is 2.33. The van der Waals surface area contributed by atoms with Crippen LogP contribution in [0.25, 0.3) is 0 Å². The van der Waals surface area contributed by atoms with E-state index in [0.717, 1.165) is 43.6 Å². The summed E-state index contributed by atoms with van der Waals surface area (Å²) in [5, 5.41) is 12.5. The molecule has 1 fully saturated rings. The molecule has 0 bridgehead atoms. The van der Waals surface area contributed by atoms with E-state index in [1.807, 2.05) is 18.4 Å². The van der Waals surface area contributed by atoms with Crippen molar-refractivity contribution in [3.05, 3.63) is 12.1 Å². The van der Waals surface area contributed by atoms with Crippen LogP contribution in [0.15, 0.2) is 17.2 Å². The maximum absolute atomic E-state index is 5.80. The Bertz CT molecular complexity index is 399. The number of nitrogens with zero attached hydrogens (tertiary/aromatic N) is 3. The second kappa shape index (κ2) is 7.81. The molecule has 2 heterocycles. The number of hydrogen-bond donors (Lipinski definition) is 1. The SMILES string of the molecule is CSc1ccc(NCC2CN(CC(C)C)CCO2)nn1. The van der Waals surface area contributed by atoms with Gasteiger partial charge in [0, 0.05) is 26.2 Å². The number of ether oxygens (including phenoxy) is 1. The third kappa shape index (κ3) is 4.92. The van der Waals surface area contributed by atoms with E-state index in [1.54, 1.807) is 11.8 Å². The fraction of sp³-hybridized carbons (Fsp3) is 0.714. The summed E-state index contributed by atoms with van der Waals surface area (Å²) in [7, 11) is 0. The minimum atomic E-state index is 0.226. The van der Waals surface area contributed by atoms with Crippen molar-refractivity contribution in [1.82, 2.24) is 15.1 Å². The number of morpholine rings is 1. The van der Waals surface area contributed by atoms with Crippen LogP contribution in [-0.4, -0.2) is 60.2 Å². The molecular formula is C14H24N4OS. The Labute approximate surface area is 125 Å². The van der Waals surface area contributed by atoms with Gasteiger partial charge in [0.05, 0.1) is 12.7 Å². The predicted octanol–water partition coefficient (Wildman–Crippen LogP) is 1.97. The second-order valence-corrected chi connectivity index (χ2v) is 6.31. The Morgan fingerprint density at radius 1 is 1.45 bits per heavy atom. The van der Waals surface area contributed by atoms with Crippen molar-refractivity contribution in [2.24, 2.45) is 5.92 Å². The summed E-state index contributed by atoms with van der Waals surface area (Å²) < 4.78 is 5.80. The molecule has 1 N–H and O–H groups in total. The molecule has 1 unspecified atom stereocenters. The van der Waals surface area contributed by atoms with Crippen LogP contribution in [0.4, 0.5) is 5.82 Å². The fourth-order valence-corrected chi connectivity index (χ4v) is 2.65. The van der Waals surface area contributed by atoms with E-state index in [1.165, 1.54) is 0 Å². The Kier molecular flexibility index (Phi) is 6.06. The minimum Gasteiger partial charge on any atom is -0.374 e. The maximum atomic E-state index is 5.80. The first kappa shape index (κ1) is 15.5. The lowest BCUT2D eigenvalue weighted by molar-refractivity contribution is -0.0244. The summed E-state index contributed by atoms with van der Waals surface area (Å²) in [6.07, 6.45) is 2.22. The second-order valence-electron chi connectivity index (χ2n) is 5.49. The molecule has 1 aliphatic rings. The zero-order valence-corrected chi connectivity index (χ0v) is 13.3. The first-order valence-corrected chi connectivity index (χ1v) is 8.35. The molecule has 0 spiro atoms. The van der Waals surface area contributed by atoms with Crippen molar-refractivity contribution in [2.75, 3.05) is 44.4 Å². The van der Waals surface area contributed by atoms with Gasteiger partial charge in [-0.25, -0.2) is 0 Å². The average molecular weight is 296 g/mol. The van der Waals surface area contributed by atoms with Crippen LogP contribution in [0.5, 0.6) is 0 Å². The Morgan fingerprint density at radius 2 is 2.30 bits per heavy atom. The highest BCUT2D eigenvalue weighted by Crippen LogP contribution is 2.12.